The predicted molar refractivity (Wildman–Crippen MR) is 62.1 cm³/mol. The molecule has 1 heterocycles. The van der Waals surface area contributed by atoms with Crippen molar-refractivity contribution in [3.8, 4) is 5.75 Å². The van der Waals surface area contributed by atoms with E-state index in [1.54, 1.807) is 13.2 Å². The van der Waals surface area contributed by atoms with Gasteiger partial charge in [0.05, 0.1) is 26.9 Å². The Morgan fingerprint density at radius 2 is 2.31 bits per heavy atom. The van der Waals surface area contributed by atoms with Crippen LogP contribution in [0.3, 0.4) is 0 Å². The summed E-state index contributed by atoms with van der Waals surface area (Å²) < 4.78 is 10.4. The number of benzene rings is 1. The Morgan fingerprint density at radius 3 is 2.81 bits per heavy atom. The summed E-state index contributed by atoms with van der Waals surface area (Å²) in [6.45, 7) is 1.48. The van der Waals surface area contributed by atoms with Crippen LogP contribution in [0.25, 0.3) is 0 Å². The van der Waals surface area contributed by atoms with Crippen molar-refractivity contribution in [3.05, 3.63) is 28.8 Å². The quantitative estimate of drug-likeness (QED) is 0.879. The largest absolute Gasteiger partial charge is 0.496 e. The van der Waals surface area contributed by atoms with Crippen LogP contribution in [0.4, 0.5) is 0 Å². The molecule has 0 bridgehead atoms. The lowest BCUT2D eigenvalue weighted by Crippen LogP contribution is -2.34. The molecule has 2 rings (SSSR count). The van der Waals surface area contributed by atoms with Crippen molar-refractivity contribution in [2.24, 2.45) is 5.92 Å². The van der Waals surface area contributed by atoms with Crippen molar-refractivity contribution < 1.29 is 14.6 Å². The first-order valence-electron chi connectivity index (χ1n) is 5.28. The maximum atomic E-state index is 9.47. The second-order valence-electron chi connectivity index (χ2n) is 3.97. The molecule has 88 valence electrons. The molecule has 3 nitrogen and oxygen atoms in total. The van der Waals surface area contributed by atoms with E-state index in [9.17, 15) is 5.11 Å². The number of aliphatic hydroxyl groups is 1. The van der Waals surface area contributed by atoms with Crippen molar-refractivity contribution in [1.82, 2.24) is 0 Å². The van der Waals surface area contributed by atoms with Crippen LogP contribution in [-0.2, 0) is 4.74 Å². The molecule has 0 radical (unpaired) electrons. The normalized spacial score (nSPS) is 17.9. The number of rotatable bonds is 4. The molecule has 1 N–H and O–H groups in total. The Bertz CT molecular complexity index is 363. The van der Waals surface area contributed by atoms with Crippen molar-refractivity contribution in [2.75, 3.05) is 26.9 Å². The first-order chi connectivity index (χ1) is 7.76. The lowest BCUT2D eigenvalue weighted by atomic mass is 9.85. The molecule has 0 amide bonds. The standard InChI is InChI=1S/C12H15ClO3/c1-15-12-3-2-9(13)4-10(12)11(5-14)8-6-16-7-8/h2-4,8,11,14H,5-7H2,1H3. The maximum Gasteiger partial charge on any atom is 0.122 e. The monoisotopic (exact) mass is 242 g/mol. The third kappa shape index (κ3) is 2.17. The average Bonchev–Trinajstić information content (AvgIpc) is 2.23. The zero-order valence-corrected chi connectivity index (χ0v) is 9.91. The van der Waals surface area contributed by atoms with Crippen LogP contribution in [0.15, 0.2) is 18.2 Å². The topological polar surface area (TPSA) is 38.7 Å². The lowest BCUT2D eigenvalue weighted by molar-refractivity contribution is -0.0530. The van der Waals surface area contributed by atoms with Crippen molar-refractivity contribution >= 4 is 11.6 Å². The molecule has 1 aliphatic rings. The van der Waals surface area contributed by atoms with E-state index in [1.807, 2.05) is 12.1 Å². The minimum Gasteiger partial charge on any atom is -0.496 e. The van der Waals surface area contributed by atoms with E-state index >= 15 is 0 Å². The predicted octanol–water partition coefficient (Wildman–Crippen LogP) is 2.07. The van der Waals surface area contributed by atoms with Crippen molar-refractivity contribution in [2.45, 2.75) is 5.92 Å². The summed E-state index contributed by atoms with van der Waals surface area (Å²) in [5, 5.41) is 10.1. The first kappa shape index (κ1) is 11.7. The molecule has 4 heteroatoms. The Labute approximate surface area is 99.9 Å². The Kier molecular flexibility index (Phi) is 3.69. The molecule has 1 fully saturated rings. The van der Waals surface area contributed by atoms with Crippen LogP contribution in [0, 0.1) is 5.92 Å². The molecule has 1 aromatic rings. The lowest BCUT2D eigenvalue weighted by Gasteiger charge is -2.33. The summed E-state index contributed by atoms with van der Waals surface area (Å²) in [6.07, 6.45) is 0. The van der Waals surface area contributed by atoms with Gasteiger partial charge in [0.25, 0.3) is 0 Å². The molecule has 1 aromatic carbocycles. The molecule has 1 saturated heterocycles. The van der Waals surface area contributed by atoms with Gasteiger partial charge in [-0.2, -0.15) is 0 Å². The number of aliphatic hydroxyl groups excluding tert-OH is 1. The fraction of sp³-hybridized carbons (Fsp3) is 0.500. The van der Waals surface area contributed by atoms with E-state index in [0.717, 1.165) is 11.3 Å². The number of hydrogen-bond donors (Lipinski definition) is 1. The minimum atomic E-state index is 0.0439. The van der Waals surface area contributed by atoms with Crippen LogP contribution in [0.1, 0.15) is 11.5 Å². The molecular weight excluding hydrogens is 228 g/mol. The summed E-state index contributed by atoms with van der Waals surface area (Å²) in [5.41, 5.74) is 0.964. The molecule has 1 unspecified atom stereocenters. The second-order valence-corrected chi connectivity index (χ2v) is 4.41. The fourth-order valence-corrected chi connectivity index (χ4v) is 2.16. The smallest absolute Gasteiger partial charge is 0.122 e. The molecule has 1 atom stereocenters. The van der Waals surface area contributed by atoms with Gasteiger partial charge in [0.2, 0.25) is 0 Å². The molecule has 0 spiro atoms. The molecular formula is C12H15ClO3. The minimum absolute atomic E-state index is 0.0439. The summed E-state index contributed by atoms with van der Waals surface area (Å²) in [6, 6.07) is 5.48. The van der Waals surface area contributed by atoms with Gasteiger partial charge in [-0.1, -0.05) is 11.6 Å². The van der Waals surface area contributed by atoms with Gasteiger partial charge in [-0.05, 0) is 18.2 Å². The van der Waals surface area contributed by atoms with Gasteiger partial charge in [0.15, 0.2) is 0 Å². The van der Waals surface area contributed by atoms with Crippen LogP contribution in [0.5, 0.6) is 5.75 Å². The van der Waals surface area contributed by atoms with Gasteiger partial charge in [-0.3, -0.25) is 0 Å². The van der Waals surface area contributed by atoms with Gasteiger partial charge in [0.1, 0.15) is 5.75 Å². The highest BCUT2D eigenvalue weighted by Crippen LogP contribution is 2.36. The van der Waals surface area contributed by atoms with Crippen molar-refractivity contribution in [1.29, 1.82) is 0 Å². The highest BCUT2D eigenvalue weighted by atomic mass is 35.5. The van der Waals surface area contributed by atoms with Crippen LogP contribution in [0.2, 0.25) is 5.02 Å². The van der Waals surface area contributed by atoms with Crippen LogP contribution in [-0.4, -0.2) is 32.0 Å². The summed E-state index contributed by atoms with van der Waals surface area (Å²) in [4.78, 5) is 0. The Balaban J connectivity index is 2.31. The number of hydrogen-bond acceptors (Lipinski definition) is 3. The molecule has 0 aromatic heterocycles. The Hall–Kier alpha value is -0.770. The summed E-state index contributed by atoms with van der Waals surface area (Å²) >= 11 is 5.97. The summed E-state index contributed by atoms with van der Waals surface area (Å²) in [5.74, 6) is 1.18. The van der Waals surface area contributed by atoms with E-state index in [4.69, 9.17) is 21.1 Å². The average molecular weight is 243 g/mol. The van der Waals surface area contributed by atoms with Gasteiger partial charge in [-0.15, -0.1) is 0 Å². The third-order valence-electron chi connectivity index (χ3n) is 3.02. The van der Waals surface area contributed by atoms with Gasteiger partial charge >= 0.3 is 0 Å². The van der Waals surface area contributed by atoms with Gasteiger partial charge < -0.3 is 14.6 Å². The molecule has 16 heavy (non-hydrogen) atoms. The van der Waals surface area contributed by atoms with Gasteiger partial charge in [0, 0.05) is 22.4 Å². The van der Waals surface area contributed by atoms with Crippen LogP contribution >= 0.6 is 11.6 Å². The van der Waals surface area contributed by atoms with E-state index in [1.165, 1.54) is 0 Å². The van der Waals surface area contributed by atoms with E-state index < -0.39 is 0 Å². The van der Waals surface area contributed by atoms with E-state index in [2.05, 4.69) is 0 Å². The number of ether oxygens (including phenoxy) is 2. The van der Waals surface area contributed by atoms with E-state index in [0.29, 0.717) is 24.2 Å². The highest BCUT2D eigenvalue weighted by Gasteiger charge is 2.31. The molecule has 0 saturated carbocycles. The maximum absolute atomic E-state index is 9.47. The molecule has 0 aliphatic carbocycles. The fourth-order valence-electron chi connectivity index (χ4n) is 1.98. The first-order valence-corrected chi connectivity index (χ1v) is 5.66. The SMILES string of the molecule is COc1ccc(Cl)cc1C(CO)C1COC1. The van der Waals surface area contributed by atoms with Crippen LogP contribution < -0.4 is 4.74 Å². The van der Waals surface area contributed by atoms with Gasteiger partial charge in [-0.25, -0.2) is 0 Å². The zero-order chi connectivity index (χ0) is 11.5. The number of methoxy groups -OCH3 is 1. The zero-order valence-electron chi connectivity index (χ0n) is 9.15. The highest BCUT2D eigenvalue weighted by molar-refractivity contribution is 6.30. The summed E-state index contributed by atoms with van der Waals surface area (Å²) in [7, 11) is 1.62. The molecule has 1 aliphatic heterocycles. The Morgan fingerprint density at radius 1 is 1.56 bits per heavy atom. The van der Waals surface area contributed by atoms with E-state index in [-0.39, 0.29) is 12.5 Å². The second kappa shape index (κ2) is 5.04. The third-order valence-corrected chi connectivity index (χ3v) is 3.26. The number of halogens is 1. The van der Waals surface area contributed by atoms with Crippen molar-refractivity contribution in [3.63, 3.8) is 0 Å².